The molecule has 84 valence electrons. The molecule has 0 atom stereocenters. The van der Waals surface area contributed by atoms with Crippen LogP contribution in [0.4, 0.5) is 5.69 Å². The first-order valence-corrected chi connectivity index (χ1v) is 5.80. The van der Waals surface area contributed by atoms with Crippen molar-refractivity contribution in [3.8, 4) is 0 Å². The van der Waals surface area contributed by atoms with Gasteiger partial charge in [-0.3, -0.25) is 0 Å². The number of anilines is 1. The van der Waals surface area contributed by atoms with Gasteiger partial charge in [-0.1, -0.05) is 24.6 Å². The molecule has 0 spiro atoms. The summed E-state index contributed by atoms with van der Waals surface area (Å²) in [6.45, 7) is 10.7. The number of hydrogen-bond donors (Lipinski definition) is 1. The van der Waals surface area contributed by atoms with Crippen LogP contribution in [-0.4, -0.2) is 26.2 Å². The third-order valence-electron chi connectivity index (χ3n) is 2.59. The maximum atomic E-state index is 3.35. The minimum Gasteiger partial charge on any atom is -0.371 e. The van der Waals surface area contributed by atoms with Crippen molar-refractivity contribution in [1.82, 2.24) is 5.32 Å². The molecule has 1 aromatic rings. The highest BCUT2D eigenvalue weighted by atomic mass is 15.1. The molecular weight excluding hydrogens is 184 g/mol. The van der Waals surface area contributed by atoms with Gasteiger partial charge in [0.15, 0.2) is 0 Å². The van der Waals surface area contributed by atoms with Crippen molar-refractivity contribution < 1.29 is 0 Å². The fraction of sp³-hybridized carbons (Fsp3) is 0.538. The Labute approximate surface area is 93.3 Å². The summed E-state index contributed by atoms with van der Waals surface area (Å²) in [5, 5.41) is 3.35. The largest absolute Gasteiger partial charge is 0.371 e. The van der Waals surface area contributed by atoms with Crippen LogP contribution in [0.5, 0.6) is 0 Å². The van der Waals surface area contributed by atoms with Gasteiger partial charge in [0.2, 0.25) is 0 Å². The zero-order valence-corrected chi connectivity index (χ0v) is 10.1. The highest BCUT2D eigenvalue weighted by molar-refractivity contribution is 5.47. The summed E-state index contributed by atoms with van der Waals surface area (Å²) in [4.78, 5) is 2.39. The van der Waals surface area contributed by atoms with E-state index in [0.29, 0.717) is 0 Å². The van der Waals surface area contributed by atoms with Gasteiger partial charge in [0.1, 0.15) is 0 Å². The molecule has 0 unspecified atom stereocenters. The molecule has 1 aromatic carbocycles. The Hall–Kier alpha value is -1.02. The van der Waals surface area contributed by atoms with E-state index >= 15 is 0 Å². The van der Waals surface area contributed by atoms with Crippen molar-refractivity contribution in [3.63, 3.8) is 0 Å². The predicted octanol–water partition coefficient (Wildman–Crippen LogP) is 2.43. The van der Waals surface area contributed by atoms with Crippen LogP contribution in [0, 0.1) is 6.92 Å². The molecule has 0 aromatic heterocycles. The molecule has 15 heavy (non-hydrogen) atoms. The quantitative estimate of drug-likeness (QED) is 0.719. The van der Waals surface area contributed by atoms with E-state index in [-0.39, 0.29) is 0 Å². The second kappa shape index (κ2) is 6.46. The molecule has 0 bridgehead atoms. The first kappa shape index (κ1) is 12.1. The Kier molecular flexibility index (Phi) is 5.19. The number of nitrogens with zero attached hydrogens (tertiary/aromatic N) is 1. The van der Waals surface area contributed by atoms with Crippen LogP contribution in [0.25, 0.3) is 0 Å². The lowest BCUT2D eigenvalue weighted by Gasteiger charge is -2.23. The summed E-state index contributed by atoms with van der Waals surface area (Å²) >= 11 is 0. The molecule has 0 aliphatic carbocycles. The summed E-state index contributed by atoms with van der Waals surface area (Å²) in [7, 11) is 0. The van der Waals surface area contributed by atoms with Crippen LogP contribution in [-0.2, 0) is 0 Å². The molecular formula is C13H22N2. The lowest BCUT2D eigenvalue weighted by atomic mass is 10.2. The van der Waals surface area contributed by atoms with Crippen molar-refractivity contribution in [1.29, 1.82) is 0 Å². The van der Waals surface area contributed by atoms with E-state index in [9.17, 15) is 0 Å². The van der Waals surface area contributed by atoms with Crippen LogP contribution in [0.1, 0.15) is 19.4 Å². The topological polar surface area (TPSA) is 15.3 Å². The summed E-state index contributed by atoms with van der Waals surface area (Å²) in [5.74, 6) is 0. The minimum absolute atomic E-state index is 1.05. The summed E-state index contributed by atoms with van der Waals surface area (Å²) in [5.41, 5.74) is 2.64. The Morgan fingerprint density at radius 3 is 2.33 bits per heavy atom. The van der Waals surface area contributed by atoms with Crippen molar-refractivity contribution in [2.45, 2.75) is 20.8 Å². The summed E-state index contributed by atoms with van der Waals surface area (Å²) in [6.07, 6.45) is 0. The van der Waals surface area contributed by atoms with Crippen molar-refractivity contribution in [3.05, 3.63) is 29.8 Å². The molecule has 0 amide bonds. The van der Waals surface area contributed by atoms with E-state index in [1.165, 1.54) is 11.3 Å². The van der Waals surface area contributed by atoms with Crippen LogP contribution in [0.15, 0.2) is 24.3 Å². The van der Waals surface area contributed by atoms with Gasteiger partial charge in [0.05, 0.1) is 0 Å². The van der Waals surface area contributed by atoms with E-state index < -0.39 is 0 Å². The number of benzene rings is 1. The average Bonchev–Trinajstić information content (AvgIpc) is 2.26. The third kappa shape index (κ3) is 3.92. The normalized spacial score (nSPS) is 10.3. The summed E-state index contributed by atoms with van der Waals surface area (Å²) < 4.78 is 0. The van der Waals surface area contributed by atoms with Crippen LogP contribution >= 0.6 is 0 Å². The van der Waals surface area contributed by atoms with Gasteiger partial charge in [-0.25, -0.2) is 0 Å². The van der Waals surface area contributed by atoms with Gasteiger partial charge in [0, 0.05) is 25.3 Å². The van der Waals surface area contributed by atoms with E-state index in [1.54, 1.807) is 0 Å². The van der Waals surface area contributed by atoms with Crippen molar-refractivity contribution in [2.24, 2.45) is 0 Å². The van der Waals surface area contributed by atoms with Crippen molar-refractivity contribution in [2.75, 3.05) is 31.1 Å². The molecule has 0 saturated heterocycles. The Bertz CT molecular complexity index is 266. The van der Waals surface area contributed by atoms with E-state index in [2.05, 4.69) is 55.3 Å². The summed E-state index contributed by atoms with van der Waals surface area (Å²) in [6, 6.07) is 8.74. The van der Waals surface area contributed by atoms with Crippen LogP contribution < -0.4 is 10.2 Å². The molecule has 0 aliphatic rings. The van der Waals surface area contributed by atoms with Gasteiger partial charge >= 0.3 is 0 Å². The molecule has 1 rings (SSSR count). The average molecular weight is 206 g/mol. The van der Waals surface area contributed by atoms with Gasteiger partial charge in [0.25, 0.3) is 0 Å². The highest BCUT2D eigenvalue weighted by Crippen LogP contribution is 2.13. The maximum absolute atomic E-state index is 3.35. The van der Waals surface area contributed by atoms with Gasteiger partial charge in [-0.15, -0.1) is 0 Å². The fourth-order valence-corrected chi connectivity index (χ4v) is 1.62. The zero-order valence-electron chi connectivity index (χ0n) is 10.1. The van der Waals surface area contributed by atoms with Crippen LogP contribution in [0.3, 0.4) is 0 Å². The number of hydrogen-bond acceptors (Lipinski definition) is 2. The molecule has 0 aliphatic heterocycles. The SMILES string of the molecule is CCNCCN(CC)c1ccc(C)cc1. The minimum atomic E-state index is 1.05. The predicted molar refractivity (Wildman–Crippen MR) is 67.6 cm³/mol. The van der Waals surface area contributed by atoms with E-state index in [4.69, 9.17) is 0 Å². The molecule has 1 N–H and O–H groups in total. The van der Waals surface area contributed by atoms with Gasteiger partial charge < -0.3 is 10.2 Å². The molecule has 2 nitrogen and oxygen atoms in total. The Morgan fingerprint density at radius 2 is 1.80 bits per heavy atom. The molecule has 0 radical (unpaired) electrons. The van der Waals surface area contributed by atoms with E-state index in [1.807, 2.05) is 0 Å². The zero-order chi connectivity index (χ0) is 11.1. The molecule has 0 heterocycles. The molecule has 0 saturated carbocycles. The van der Waals surface area contributed by atoms with Gasteiger partial charge in [-0.2, -0.15) is 0 Å². The number of rotatable bonds is 6. The Morgan fingerprint density at radius 1 is 1.13 bits per heavy atom. The smallest absolute Gasteiger partial charge is 0.0366 e. The number of nitrogens with one attached hydrogen (secondary N) is 1. The standard InChI is InChI=1S/C13H22N2/c1-4-14-10-11-15(5-2)13-8-6-12(3)7-9-13/h6-9,14H,4-5,10-11H2,1-3H3. The maximum Gasteiger partial charge on any atom is 0.0366 e. The first-order chi connectivity index (χ1) is 7.27. The third-order valence-corrected chi connectivity index (χ3v) is 2.59. The second-order valence-corrected chi connectivity index (χ2v) is 3.77. The molecule has 0 fully saturated rings. The number of likely N-dealkylation sites (N-methyl/N-ethyl adjacent to an activating group) is 2. The fourth-order valence-electron chi connectivity index (χ4n) is 1.62. The molecule has 2 heteroatoms. The van der Waals surface area contributed by atoms with Crippen LogP contribution in [0.2, 0.25) is 0 Å². The highest BCUT2D eigenvalue weighted by Gasteiger charge is 2.02. The monoisotopic (exact) mass is 206 g/mol. The van der Waals surface area contributed by atoms with E-state index in [0.717, 1.165) is 26.2 Å². The first-order valence-electron chi connectivity index (χ1n) is 5.80. The van der Waals surface area contributed by atoms with Gasteiger partial charge in [-0.05, 0) is 32.5 Å². The second-order valence-electron chi connectivity index (χ2n) is 3.77. The lowest BCUT2D eigenvalue weighted by Crippen LogP contribution is -2.31. The van der Waals surface area contributed by atoms with Crippen molar-refractivity contribution >= 4 is 5.69 Å². The lowest BCUT2D eigenvalue weighted by molar-refractivity contribution is 0.688. The Balaban J connectivity index is 2.53. The number of aryl methyl sites for hydroxylation is 1.